The molecule has 0 bridgehead atoms. The summed E-state index contributed by atoms with van der Waals surface area (Å²) in [7, 11) is 4.57. The van der Waals surface area contributed by atoms with E-state index in [1.807, 2.05) is 0 Å². The molecule has 24 heavy (non-hydrogen) atoms. The van der Waals surface area contributed by atoms with Crippen LogP contribution in [0, 0.1) is 0 Å². The standard InChI is InChI=1S/C18H18O6/c1-21-11-7-15(23-3)18-12(9-17(20)24-16(18)8-11)10-4-5-13(19)14(6-10)22-2/h4-8,12,19H,9H2,1-3H3/t12-/m1/s1. The minimum atomic E-state index is -0.338. The zero-order valence-electron chi connectivity index (χ0n) is 13.7. The Bertz CT molecular complexity index is 783. The van der Waals surface area contributed by atoms with Crippen molar-refractivity contribution in [1.82, 2.24) is 0 Å². The number of esters is 1. The van der Waals surface area contributed by atoms with E-state index in [0.717, 1.165) is 11.1 Å². The van der Waals surface area contributed by atoms with Crippen molar-refractivity contribution in [3.8, 4) is 28.7 Å². The third kappa shape index (κ3) is 2.71. The van der Waals surface area contributed by atoms with E-state index in [1.165, 1.54) is 14.2 Å². The van der Waals surface area contributed by atoms with Crippen molar-refractivity contribution >= 4 is 5.97 Å². The molecular weight excluding hydrogens is 312 g/mol. The van der Waals surface area contributed by atoms with Gasteiger partial charge >= 0.3 is 5.97 Å². The van der Waals surface area contributed by atoms with Crippen LogP contribution in [-0.2, 0) is 4.79 Å². The van der Waals surface area contributed by atoms with E-state index in [0.29, 0.717) is 23.0 Å². The fourth-order valence-corrected chi connectivity index (χ4v) is 2.92. The quantitative estimate of drug-likeness (QED) is 0.686. The number of carbonyl (C=O) groups is 1. The van der Waals surface area contributed by atoms with Gasteiger partial charge in [-0.2, -0.15) is 0 Å². The molecule has 1 aliphatic heterocycles. The summed E-state index contributed by atoms with van der Waals surface area (Å²) in [5, 5.41) is 9.79. The molecule has 2 aromatic carbocycles. The monoisotopic (exact) mass is 330 g/mol. The Balaban J connectivity index is 2.16. The van der Waals surface area contributed by atoms with Gasteiger partial charge in [0.2, 0.25) is 0 Å². The second-order valence-electron chi connectivity index (χ2n) is 5.40. The molecule has 0 radical (unpaired) electrons. The average Bonchev–Trinajstić information content (AvgIpc) is 2.60. The van der Waals surface area contributed by atoms with Gasteiger partial charge in [-0.3, -0.25) is 4.79 Å². The van der Waals surface area contributed by atoms with Crippen molar-refractivity contribution in [3.05, 3.63) is 41.5 Å². The summed E-state index contributed by atoms with van der Waals surface area (Å²) in [6.45, 7) is 0. The van der Waals surface area contributed by atoms with Crippen molar-refractivity contribution in [2.75, 3.05) is 21.3 Å². The molecule has 6 nitrogen and oxygen atoms in total. The van der Waals surface area contributed by atoms with Crippen molar-refractivity contribution in [3.63, 3.8) is 0 Å². The Morgan fingerprint density at radius 1 is 1.04 bits per heavy atom. The molecule has 6 heteroatoms. The lowest BCUT2D eigenvalue weighted by atomic mass is 9.85. The highest BCUT2D eigenvalue weighted by Crippen LogP contribution is 2.47. The molecule has 0 fully saturated rings. The zero-order chi connectivity index (χ0) is 17.3. The third-order valence-electron chi connectivity index (χ3n) is 4.08. The SMILES string of the molecule is COc1cc(OC)c2c(c1)OC(=O)C[C@@H]2c1ccc(O)c(OC)c1. The number of ether oxygens (including phenoxy) is 4. The van der Waals surface area contributed by atoms with Crippen molar-refractivity contribution in [2.24, 2.45) is 0 Å². The van der Waals surface area contributed by atoms with Crippen molar-refractivity contribution in [2.45, 2.75) is 12.3 Å². The number of fused-ring (bicyclic) bond motifs is 1. The minimum absolute atomic E-state index is 0.0431. The molecule has 2 aromatic rings. The third-order valence-corrected chi connectivity index (χ3v) is 4.08. The second kappa shape index (κ2) is 6.31. The maximum Gasteiger partial charge on any atom is 0.312 e. The highest BCUT2D eigenvalue weighted by atomic mass is 16.5. The summed E-state index contributed by atoms with van der Waals surface area (Å²) in [6, 6.07) is 8.44. The molecule has 1 N–H and O–H groups in total. The smallest absolute Gasteiger partial charge is 0.312 e. The van der Waals surface area contributed by atoms with Crippen LogP contribution in [0.15, 0.2) is 30.3 Å². The number of methoxy groups -OCH3 is 3. The van der Waals surface area contributed by atoms with Gasteiger partial charge in [0, 0.05) is 23.6 Å². The van der Waals surface area contributed by atoms with Crippen LogP contribution in [0.4, 0.5) is 0 Å². The van der Waals surface area contributed by atoms with E-state index in [-0.39, 0.29) is 24.1 Å². The van der Waals surface area contributed by atoms with Gasteiger partial charge in [-0.15, -0.1) is 0 Å². The van der Waals surface area contributed by atoms with Crippen LogP contribution in [0.25, 0.3) is 0 Å². The largest absolute Gasteiger partial charge is 0.504 e. The van der Waals surface area contributed by atoms with E-state index < -0.39 is 0 Å². The van der Waals surface area contributed by atoms with Gasteiger partial charge in [0.1, 0.15) is 17.2 Å². The molecular formula is C18H18O6. The van der Waals surface area contributed by atoms with E-state index in [1.54, 1.807) is 37.4 Å². The Kier molecular flexibility index (Phi) is 4.20. The van der Waals surface area contributed by atoms with Crippen LogP contribution in [0.1, 0.15) is 23.5 Å². The van der Waals surface area contributed by atoms with Crippen LogP contribution in [0.2, 0.25) is 0 Å². The van der Waals surface area contributed by atoms with Crippen LogP contribution < -0.4 is 18.9 Å². The van der Waals surface area contributed by atoms with Gasteiger partial charge in [-0.1, -0.05) is 6.07 Å². The first-order valence-corrected chi connectivity index (χ1v) is 7.40. The first kappa shape index (κ1) is 16.0. The van der Waals surface area contributed by atoms with Gasteiger partial charge < -0.3 is 24.1 Å². The summed E-state index contributed by atoms with van der Waals surface area (Å²) < 4.78 is 21.2. The number of benzene rings is 2. The lowest BCUT2D eigenvalue weighted by molar-refractivity contribution is -0.135. The number of phenolic OH excluding ortho intramolecular Hbond substituents is 1. The fraction of sp³-hybridized carbons (Fsp3) is 0.278. The van der Waals surface area contributed by atoms with E-state index >= 15 is 0 Å². The summed E-state index contributed by atoms with van der Waals surface area (Å²) >= 11 is 0. The van der Waals surface area contributed by atoms with Crippen LogP contribution in [-0.4, -0.2) is 32.4 Å². The normalized spacial score (nSPS) is 16.1. The Morgan fingerprint density at radius 3 is 2.46 bits per heavy atom. The summed E-state index contributed by atoms with van der Waals surface area (Å²) in [4.78, 5) is 12.0. The zero-order valence-corrected chi connectivity index (χ0v) is 13.7. The molecule has 1 aliphatic rings. The lowest BCUT2D eigenvalue weighted by Gasteiger charge is -2.27. The summed E-state index contributed by atoms with van der Waals surface area (Å²) in [6.07, 6.45) is 0.170. The maximum atomic E-state index is 12.0. The van der Waals surface area contributed by atoms with Gasteiger partial charge in [0.05, 0.1) is 27.8 Å². The number of aromatic hydroxyl groups is 1. The topological polar surface area (TPSA) is 74.2 Å². The number of carbonyl (C=O) groups excluding carboxylic acids is 1. The molecule has 0 spiro atoms. The van der Waals surface area contributed by atoms with E-state index in [9.17, 15) is 9.90 Å². The average molecular weight is 330 g/mol. The van der Waals surface area contributed by atoms with Crippen molar-refractivity contribution < 1.29 is 28.8 Å². The lowest BCUT2D eigenvalue weighted by Crippen LogP contribution is -2.21. The minimum Gasteiger partial charge on any atom is -0.504 e. The van der Waals surface area contributed by atoms with E-state index in [4.69, 9.17) is 18.9 Å². The molecule has 0 unspecified atom stereocenters. The number of hydrogen-bond donors (Lipinski definition) is 1. The maximum absolute atomic E-state index is 12.0. The summed E-state index contributed by atoms with van der Waals surface area (Å²) in [5.74, 6) is 1.32. The number of phenols is 1. The second-order valence-corrected chi connectivity index (χ2v) is 5.40. The highest BCUT2D eigenvalue weighted by Gasteiger charge is 2.32. The van der Waals surface area contributed by atoms with Crippen LogP contribution in [0.3, 0.4) is 0 Å². The van der Waals surface area contributed by atoms with Crippen LogP contribution in [0.5, 0.6) is 28.7 Å². The fourth-order valence-electron chi connectivity index (χ4n) is 2.92. The molecule has 0 saturated carbocycles. The molecule has 1 atom stereocenters. The summed E-state index contributed by atoms with van der Waals surface area (Å²) in [5.41, 5.74) is 1.59. The molecule has 0 amide bonds. The predicted octanol–water partition coefficient (Wildman–Crippen LogP) is 2.86. The molecule has 0 saturated heterocycles. The van der Waals surface area contributed by atoms with E-state index in [2.05, 4.69) is 0 Å². The first-order valence-electron chi connectivity index (χ1n) is 7.40. The Morgan fingerprint density at radius 2 is 1.79 bits per heavy atom. The molecule has 0 aliphatic carbocycles. The van der Waals surface area contributed by atoms with Gasteiger partial charge in [-0.05, 0) is 17.7 Å². The molecule has 3 rings (SSSR count). The number of hydrogen-bond acceptors (Lipinski definition) is 6. The van der Waals surface area contributed by atoms with Gasteiger partial charge in [-0.25, -0.2) is 0 Å². The Labute approximate surface area is 139 Å². The molecule has 1 heterocycles. The van der Waals surface area contributed by atoms with Gasteiger partial charge in [0.25, 0.3) is 0 Å². The van der Waals surface area contributed by atoms with Gasteiger partial charge in [0.15, 0.2) is 11.5 Å². The highest BCUT2D eigenvalue weighted by molar-refractivity contribution is 5.79. The van der Waals surface area contributed by atoms with Crippen molar-refractivity contribution in [1.29, 1.82) is 0 Å². The number of rotatable bonds is 4. The predicted molar refractivity (Wildman–Crippen MR) is 86.3 cm³/mol. The molecule has 126 valence electrons. The molecule has 0 aromatic heterocycles. The Hall–Kier alpha value is -2.89. The first-order chi connectivity index (χ1) is 11.6. The van der Waals surface area contributed by atoms with Crippen LogP contribution >= 0.6 is 0 Å².